The lowest BCUT2D eigenvalue weighted by molar-refractivity contribution is -0.138. The van der Waals surface area contributed by atoms with Gasteiger partial charge in [0.25, 0.3) is 0 Å². The maximum Gasteiger partial charge on any atom is 0.237 e. The molecule has 6 nitrogen and oxygen atoms in total. The molecule has 1 saturated heterocycles. The van der Waals surface area contributed by atoms with Crippen LogP contribution in [0.3, 0.4) is 0 Å². The third-order valence-corrected chi connectivity index (χ3v) is 4.80. The molecular weight excluding hydrogens is 324 g/mol. The summed E-state index contributed by atoms with van der Waals surface area (Å²) in [5.41, 5.74) is 0.983. The molecule has 134 valence electrons. The first kappa shape index (κ1) is 18.9. The Morgan fingerprint density at radius 2 is 2.21 bits per heavy atom. The predicted molar refractivity (Wildman–Crippen MR) is 95.8 cm³/mol. The summed E-state index contributed by atoms with van der Waals surface area (Å²) in [5, 5.41) is 5.85. The van der Waals surface area contributed by atoms with E-state index in [0.717, 1.165) is 23.8 Å². The van der Waals surface area contributed by atoms with E-state index in [1.807, 2.05) is 12.3 Å². The number of hydrogen-bond donors (Lipinski definition) is 1. The monoisotopic (exact) mass is 352 g/mol. The molecule has 0 radical (unpaired) electrons. The van der Waals surface area contributed by atoms with Crippen LogP contribution in [0.15, 0.2) is 5.38 Å². The van der Waals surface area contributed by atoms with Crippen molar-refractivity contribution >= 4 is 23.2 Å². The van der Waals surface area contributed by atoms with Gasteiger partial charge < -0.3 is 10.2 Å². The minimum absolute atomic E-state index is 0.0263. The Kier molecular flexibility index (Phi) is 5.98. The fourth-order valence-electron chi connectivity index (χ4n) is 2.92. The predicted octanol–water partition coefficient (Wildman–Crippen LogP) is 1.65. The first-order valence-corrected chi connectivity index (χ1v) is 9.20. The van der Waals surface area contributed by atoms with Gasteiger partial charge >= 0.3 is 0 Å². The Bertz CT molecular complexity index is 594. The van der Waals surface area contributed by atoms with Gasteiger partial charge in [-0.25, -0.2) is 4.98 Å². The Labute approximate surface area is 148 Å². The molecule has 1 N–H and O–H groups in total. The van der Waals surface area contributed by atoms with Crippen molar-refractivity contribution < 1.29 is 9.59 Å². The number of nitrogens with zero attached hydrogens (tertiary/aromatic N) is 3. The van der Waals surface area contributed by atoms with Crippen molar-refractivity contribution in [1.82, 2.24) is 20.1 Å². The summed E-state index contributed by atoms with van der Waals surface area (Å²) >= 11 is 1.58. The van der Waals surface area contributed by atoms with Crippen molar-refractivity contribution in [2.24, 2.45) is 5.41 Å². The summed E-state index contributed by atoms with van der Waals surface area (Å²) < 4.78 is 0. The molecule has 1 aliphatic heterocycles. The number of nitrogens with one attached hydrogen (secondary N) is 1. The van der Waals surface area contributed by atoms with Crippen LogP contribution in [-0.2, 0) is 16.1 Å². The molecule has 7 heteroatoms. The maximum absolute atomic E-state index is 12.6. The van der Waals surface area contributed by atoms with Crippen molar-refractivity contribution in [3.05, 3.63) is 16.1 Å². The fourth-order valence-corrected chi connectivity index (χ4v) is 3.52. The summed E-state index contributed by atoms with van der Waals surface area (Å²) in [7, 11) is 1.77. The molecule has 1 aliphatic rings. The molecular formula is C17H28N4O2S. The zero-order valence-electron chi connectivity index (χ0n) is 15.3. The van der Waals surface area contributed by atoms with Crippen LogP contribution in [0.1, 0.15) is 37.9 Å². The summed E-state index contributed by atoms with van der Waals surface area (Å²) in [4.78, 5) is 33.0. The van der Waals surface area contributed by atoms with E-state index >= 15 is 0 Å². The molecule has 0 unspecified atom stereocenters. The van der Waals surface area contributed by atoms with Gasteiger partial charge in [0, 0.05) is 32.1 Å². The lowest BCUT2D eigenvalue weighted by Gasteiger charge is -2.38. The maximum atomic E-state index is 12.6. The third-order valence-electron chi connectivity index (χ3n) is 3.98. The Morgan fingerprint density at radius 1 is 1.50 bits per heavy atom. The topological polar surface area (TPSA) is 65.5 Å². The van der Waals surface area contributed by atoms with Gasteiger partial charge in [0.2, 0.25) is 11.8 Å². The molecule has 0 bridgehead atoms. The van der Waals surface area contributed by atoms with E-state index in [-0.39, 0.29) is 29.7 Å². The lowest BCUT2D eigenvalue weighted by Crippen LogP contribution is -2.58. The van der Waals surface area contributed by atoms with E-state index < -0.39 is 0 Å². The quantitative estimate of drug-likeness (QED) is 0.875. The van der Waals surface area contributed by atoms with Crippen molar-refractivity contribution in [1.29, 1.82) is 0 Å². The fraction of sp³-hybridized carbons (Fsp3) is 0.706. The van der Waals surface area contributed by atoms with E-state index in [2.05, 4.69) is 36.0 Å². The highest BCUT2D eigenvalue weighted by molar-refractivity contribution is 7.09. The molecule has 2 amide bonds. The minimum atomic E-state index is -0.384. The Balaban J connectivity index is 1.99. The van der Waals surface area contributed by atoms with Crippen molar-refractivity contribution in [3.8, 4) is 0 Å². The van der Waals surface area contributed by atoms with E-state index in [1.54, 1.807) is 23.3 Å². The van der Waals surface area contributed by atoms with Crippen LogP contribution in [0.5, 0.6) is 0 Å². The van der Waals surface area contributed by atoms with E-state index in [9.17, 15) is 9.59 Å². The van der Waals surface area contributed by atoms with Gasteiger partial charge in [-0.1, -0.05) is 20.8 Å². The largest absolute Gasteiger partial charge is 0.353 e. The van der Waals surface area contributed by atoms with Gasteiger partial charge in [-0.3, -0.25) is 14.5 Å². The molecule has 1 aromatic heterocycles. The normalized spacial score (nSPS) is 19.2. The summed E-state index contributed by atoms with van der Waals surface area (Å²) in [6, 6.07) is -0.384. The van der Waals surface area contributed by atoms with Gasteiger partial charge in [0.15, 0.2) is 0 Å². The zero-order valence-corrected chi connectivity index (χ0v) is 16.1. The molecule has 0 aliphatic carbocycles. The van der Waals surface area contributed by atoms with Crippen molar-refractivity contribution in [2.45, 2.75) is 46.7 Å². The average Bonchev–Trinajstić information content (AvgIpc) is 2.86. The number of carbonyl (C=O) groups is 2. The van der Waals surface area contributed by atoms with Crippen LogP contribution < -0.4 is 5.32 Å². The molecule has 0 spiro atoms. The van der Waals surface area contributed by atoms with E-state index in [0.29, 0.717) is 13.1 Å². The summed E-state index contributed by atoms with van der Waals surface area (Å²) in [6.07, 6.45) is 0.210. The highest BCUT2D eigenvalue weighted by atomic mass is 32.1. The van der Waals surface area contributed by atoms with Gasteiger partial charge in [0.05, 0.1) is 29.7 Å². The SMILES string of the molecule is Cc1nc(CN(C)C(=O)C[C@H]2C(=O)NCCN2CC(C)(C)C)cs1. The zero-order chi connectivity index (χ0) is 17.9. The molecule has 1 aromatic rings. The number of rotatable bonds is 5. The lowest BCUT2D eigenvalue weighted by atomic mass is 9.94. The smallest absolute Gasteiger partial charge is 0.237 e. The highest BCUT2D eigenvalue weighted by Gasteiger charge is 2.34. The highest BCUT2D eigenvalue weighted by Crippen LogP contribution is 2.20. The van der Waals surface area contributed by atoms with Crippen molar-refractivity contribution in [2.75, 3.05) is 26.7 Å². The summed E-state index contributed by atoms with van der Waals surface area (Å²) in [5.74, 6) is -0.0710. The van der Waals surface area contributed by atoms with E-state index in [1.165, 1.54) is 0 Å². The number of hydrogen-bond acceptors (Lipinski definition) is 5. The number of carbonyl (C=O) groups excluding carboxylic acids is 2. The second-order valence-electron chi connectivity index (χ2n) is 7.65. The van der Waals surface area contributed by atoms with Crippen LogP contribution in [0.25, 0.3) is 0 Å². The van der Waals surface area contributed by atoms with Gasteiger partial charge in [-0.15, -0.1) is 11.3 Å². The van der Waals surface area contributed by atoms with Crippen LogP contribution in [0, 0.1) is 12.3 Å². The minimum Gasteiger partial charge on any atom is -0.353 e. The first-order chi connectivity index (χ1) is 11.2. The molecule has 2 heterocycles. The molecule has 0 saturated carbocycles. The Morgan fingerprint density at radius 3 is 2.79 bits per heavy atom. The van der Waals surface area contributed by atoms with Crippen LogP contribution in [0.2, 0.25) is 0 Å². The van der Waals surface area contributed by atoms with Gasteiger partial charge in [-0.2, -0.15) is 0 Å². The number of aryl methyl sites for hydroxylation is 1. The Hall–Kier alpha value is -1.47. The van der Waals surface area contributed by atoms with Gasteiger partial charge in [-0.05, 0) is 12.3 Å². The molecule has 2 rings (SSSR count). The second kappa shape index (κ2) is 7.61. The van der Waals surface area contributed by atoms with Crippen LogP contribution in [0.4, 0.5) is 0 Å². The standard InChI is InChI=1S/C17H28N4O2S/c1-12-19-13(10-24-12)9-20(5)15(22)8-14-16(23)18-6-7-21(14)11-17(2,3)4/h10,14H,6-9,11H2,1-5H3,(H,18,23)/t14-/m0/s1. The number of thiazole rings is 1. The summed E-state index contributed by atoms with van der Waals surface area (Å²) in [6.45, 7) is 11.1. The number of amides is 2. The molecule has 0 aromatic carbocycles. The second-order valence-corrected chi connectivity index (χ2v) is 8.71. The van der Waals surface area contributed by atoms with E-state index in [4.69, 9.17) is 0 Å². The number of piperazine rings is 1. The van der Waals surface area contributed by atoms with Crippen molar-refractivity contribution in [3.63, 3.8) is 0 Å². The number of aromatic nitrogens is 1. The average molecular weight is 353 g/mol. The molecule has 24 heavy (non-hydrogen) atoms. The van der Waals surface area contributed by atoms with Gasteiger partial charge in [0.1, 0.15) is 0 Å². The molecule has 1 fully saturated rings. The third kappa shape index (κ3) is 5.27. The molecule has 1 atom stereocenters. The van der Waals surface area contributed by atoms with Crippen LogP contribution in [-0.4, -0.2) is 59.3 Å². The van der Waals surface area contributed by atoms with Crippen LogP contribution >= 0.6 is 11.3 Å². The first-order valence-electron chi connectivity index (χ1n) is 8.32.